The molecule has 2 fully saturated rings. The summed E-state index contributed by atoms with van der Waals surface area (Å²) in [5.74, 6) is 0.767. The van der Waals surface area contributed by atoms with Crippen LogP contribution in [0, 0.1) is 5.92 Å². The zero-order valence-electron chi connectivity index (χ0n) is 11.6. The van der Waals surface area contributed by atoms with Gasteiger partial charge in [0, 0.05) is 5.41 Å². The van der Waals surface area contributed by atoms with Gasteiger partial charge in [0.1, 0.15) is 0 Å². The van der Waals surface area contributed by atoms with Gasteiger partial charge in [0.05, 0.1) is 13.2 Å². The van der Waals surface area contributed by atoms with E-state index in [2.05, 4.69) is 23.5 Å². The zero-order chi connectivity index (χ0) is 12.7. The maximum absolute atomic E-state index is 5.62. The van der Waals surface area contributed by atoms with Crippen molar-refractivity contribution in [3.05, 3.63) is 34.9 Å². The lowest BCUT2D eigenvalue weighted by molar-refractivity contribution is -0.0869. The van der Waals surface area contributed by atoms with Gasteiger partial charge in [0.25, 0.3) is 0 Å². The zero-order valence-corrected chi connectivity index (χ0v) is 11.6. The first-order valence-corrected chi connectivity index (χ1v) is 7.79. The van der Waals surface area contributed by atoms with Crippen molar-refractivity contribution in [3.63, 3.8) is 0 Å². The first-order valence-electron chi connectivity index (χ1n) is 7.79. The molecule has 4 rings (SSSR count). The molecule has 1 aliphatic carbocycles. The van der Waals surface area contributed by atoms with Crippen molar-refractivity contribution in [2.45, 2.75) is 37.5 Å². The monoisotopic (exact) mass is 257 g/mol. The van der Waals surface area contributed by atoms with Crippen molar-refractivity contribution in [2.75, 3.05) is 26.3 Å². The van der Waals surface area contributed by atoms with Crippen LogP contribution in [0.25, 0.3) is 0 Å². The first-order chi connectivity index (χ1) is 9.38. The van der Waals surface area contributed by atoms with Gasteiger partial charge >= 0.3 is 0 Å². The molecule has 1 unspecified atom stereocenters. The number of benzene rings is 1. The molecule has 19 heavy (non-hydrogen) atoms. The topological polar surface area (TPSA) is 21.3 Å². The Bertz CT molecular complexity index is 472. The van der Waals surface area contributed by atoms with Crippen LogP contribution in [-0.4, -0.2) is 26.3 Å². The summed E-state index contributed by atoms with van der Waals surface area (Å²) in [4.78, 5) is 0. The van der Waals surface area contributed by atoms with Crippen LogP contribution in [0.15, 0.2) is 18.2 Å². The van der Waals surface area contributed by atoms with Gasteiger partial charge in [-0.3, -0.25) is 0 Å². The fraction of sp³-hybridized carbons (Fsp3) is 0.647. The van der Waals surface area contributed by atoms with Crippen molar-refractivity contribution in [2.24, 2.45) is 5.92 Å². The van der Waals surface area contributed by atoms with Gasteiger partial charge in [-0.05, 0) is 67.8 Å². The van der Waals surface area contributed by atoms with Crippen molar-refractivity contribution < 1.29 is 4.74 Å². The van der Waals surface area contributed by atoms with E-state index in [9.17, 15) is 0 Å². The number of ether oxygens (including phenoxy) is 1. The third-order valence-corrected chi connectivity index (χ3v) is 5.48. The number of aryl methyl sites for hydroxylation is 2. The van der Waals surface area contributed by atoms with E-state index in [0.29, 0.717) is 5.41 Å². The largest absolute Gasteiger partial charge is 0.379 e. The van der Waals surface area contributed by atoms with Crippen LogP contribution >= 0.6 is 0 Å². The fourth-order valence-corrected chi connectivity index (χ4v) is 4.13. The van der Waals surface area contributed by atoms with Crippen molar-refractivity contribution in [1.82, 2.24) is 5.32 Å². The summed E-state index contributed by atoms with van der Waals surface area (Å²) >= 11 is 0. The summed E-state index contributed by atoms with van der Waals surface area (Å²) < 4.78 is 5.62. The Kier molecular flexibility index (Phi) is 2.89. The Hall–Kier alpha value is -0.860. The molecule has 2 heteroatoms. The smallest absolute Gasteiger partial charge is 0.0588 e. The Morgan fingerprint density at radius 1 is 1.11 bits per heavy atom. The quantitative estimate of drug-likeness (QED) is 0.878. The lowest BCUT2D eigenvalue weighted by Crippen LogP contribution is -2.53. The summed E-state index contributed by atoms with van der Waals surface area (Å²) in [6.45, 7) is 4.20. The van der Waals surface area contributed by atoms with E-state index in [1.165, 1.54) is 45.2 Å². The highest BCUT2D eigenvalue weighted by Gasteiger charge is 2.47. The number of hydrogen-bond acceptors (Lipinski definition) is 2. The molecule has 0 saturated carbocycles. The molecule has 0 radical (unpaired) electrons. The lowest BCUT2D eigenvalue weighted by Gasteiger charge is -2.46. The van der Waals surface area contributed by atoms with Gasteiger partial charge in [-0.25, -0.2) is 0 Å². The Balaban J connectivity index is 1.70. The average molecular weight is 257 g/mol. The van der Waals surface area contributed by atoms with Gasteiger partial charge in [-0.15, -0.1) is 0 Å². The van der Waals surface area contributed by atoms with Gasteiger partial charge in [-0.1, -0.05) is 18.2 Å². The van der Waals surface area contributed by atoms with E-state index < -0.39 is 0 Å². The van der Waals surface area contributed by atoms with Crippen molar-refractivity contribution in [1.29, 1.82) is 0 Å². The predicted octanol–water partition coefficient (Wildman–Crippen LogP) is 2.44. The molecule has 2 nitrogen and oxygen atoms in total. The van der Waals surface area contributed by atoms with Crippen LogP contribution in [0.1, 0.15) is 36.0 Å². The molecule has 2 heterocycles. The van der Waals surface area contributed by atoms with Crippen molar-refractivity contribution in [3.8, 4) is 0 Å². The number of nitrogens with one attached hydrogen (secondary N) is 1. The molecule has 0 spiro atoms. The highest BCUT2D eigenvalue weighted by atomic mass is 16.5. The van der Waals surface area contributed by atoms with Crippen molar-refractivity contribution >= 4 is 0 Å². The molecule has 1 aromatic rings. The predicted molar refractivity (Wildman–Crippen MR) is 76.6 cm³/mol. The highest BCUT2D eigenvalue weighted by molar-refractivity contribution is 5.39. The summed E-state index contributed by atoms with van der Waals surface area (Å²) in [6, 6.07) is 7.30. The van der Waals surface area contributed by atoms with Crippen LogP contribution < -0.4 is 5.32 Å². The first kappa shape index (κ1) is 11.9. The van der Waals surface area contributed by atoms with Crippen LogP contribution in [0.3, 0.4) is 0 Å². The number of rotatable bonds is 2. The van der Waals surface area contributed by atoms with E-state index in [0.717, 1.165) is 19.1 Å². The second-order valence-corrected chi connectivity index (χ2v) is 6.53. The van der Waals surface area contributed by atoms with E-state index in [1.54, 1.807) is 16.7 Å². The molecule has 0 amide bonds. The maximum Gasteiger partial charge on any atom is 0.0588 e. The molecule has 3 aliphatic rings. The van der Waals surface area contributed by atoms with Gasteiger partial charge in [-0.2, -0.15) is 0 Å². The molecule has 0 aromatic heterocycles. The minimum atomic E-state index is 0.315. The van der Waals surface area contributed by atoms with Crippen LogP contribution in [0.5, 0.6) is 0 Å². The van der Waals surface area contributed by atoms with E-state index in [1.807, 2.05) is 0 Å². The van der Waals surface area contributed by atoms with Crippen LogP contribution in [0.4, 0.5) is 0 Å². The summed E-state index contributed by atoms with van der Waals surface area (Å²) in [7, 11) is 0. The molecule has 0 bridgehead atoms. The van der Waals surface area contributed by atoms with Crippen LogP contribution in [-0.2, 0) is 23.0 Å². The molecule has 2 aliphatic heterocycles. The Morgan fingerprint density at radius 3 is 2.63 bits per heavy atom. The third-order valence-electron chi connectivity index (χ3n) is 5.48. The van der Waals surface area contributed by atoms with Gasteiger partial charge in [0.2, 0.25) is 0 Å². The summed E-state index contributed by atoms with van der Waals surface area (Å²) in [5.41, 5.74) is 5.07. The fourth-order valence-electron chi connectivity index (χ4n) is 4.13. The minimum absolute atomic E-state index is 0.315. The number of fused-ring (bicyclic) bond motifs is 1. The second kappa shape index (κ2) is 4.60. The standard InChI is InChI=1S/C17H23NO/c1-2-4-14-9-15(6-5-13(14)3-1)17(11-19-12-17)16-7-8-18-10-16/h5-6,9,16,18H,1-4,7-8,10-12H2. The second-order valence-electron chi connectivity index (χ2n) is 6.53. The van der Waals surface area contributed by atoms with E-state index in [-0.39, 0.29) is 0 Å². The maximum atomic E-state index is 5.62. The summed E-state index contributed by atoms with van der Waals surface area (Å²) in [6.07, 6.45) is 6.60. The SMILES string of the molecule is c1cc2c(cc1C1(C3CCNC3)COC1)CCCC2. The third kappa shape index (κ3) is 1.85. The molecular formula is C17H23NO. The minimum Gasteiger partial charge on any atom is -0.379 e. The molecule has 1 atom stereocenters. The van der Waals surface area contributed by atoms with Crippen LogP contribution in [0.2, 0.25) is 0 Å². The Labute approximate surface area is 115 Å². The molecular weight excluding hydrogens is 234 g/mol. The lowest BCUT2D eigenvalue weighted by atomic mass is 9.67. The van der Waals surface area contributed by atoms with Gasteiger partial charge < -0.3 is 10.1 Å². The summed E-state index contributed by atoms with van der Waals surface area (Å²) in [5, 5.41) is 3.52. The van der Waals surface area contributed by atoms with Gasteiger partial charge in [0.15, 0.2) is 0 Å². The average Bonchev–Trinajstić information content (AvgIpc) is 2.92. The Morgan fingerprint density at radius 2 is 1.95 bits per heavy atom. The highest BCUT2D eigenvalue weighted by Crippen LogP contribution is 2.43. The molecule has 1 N–H and O–H groups in total. The number of hydrogen-bond donors (Lipinski definition) is 1. The molecule has 2 saturated heterocycles. The molecule has 1 aromatic carbocycles. The normalized spacial score (nSPS) is 28.7. The van der Waals surface area contributed by atoms with E-state index in [4.69, 9.17) is 4.74 Å². The van der Waals surface area contributed by atoms with E-state index >= 15 is 0 Å². The molecule has 102 valence electrons.